The van der Waals surface area contributed by atoms with Crippen molar-refractivity contribution in [3.8, 4) is 11.3 Å². The average Bonchev–Trinajstić information content (AvgIpc) is 3.47. The number of aryl methyl sites for hydroxylation is 1. The Bertz CT molecular complexity index is 1440. The van der Waals surface area contributed by atoms with Crippen molar-refractivity contribution in [3.05, 3.63) is 101 Å². The Kier molecular flexibility index (Phi) is 7.24. The number of hydrogen-bond acceptors (Lipinski definition) is 4. The van der Waals surface area contributed by atoms with E-state index in [2.05, 4.69) is 9.97 Å². The van der Waals surface area contributed by atoms with Gasteiger partial charge in [-0.2, -0.15) is 0 Å². The van der Waals surface area contributed by atoms with E-state index in [1.165, 1.54) is 4.90 Å². The quantitative estimate of drug-likeness (QED) is 0.353. The van der Waals surface area contributed by atoms with Crippen molar-refractivity contribution in [3.63, 3.8) is 0 Å². The van der Waals surface area contributed by atoms with Crippen LogP contribution in [0.2, 0.25) is 5.02 Å². The Morgan fingerprint density at radius 3 is 2.53 bits per heavy atom. The van der Waals surface area contributed by atoms with E-state index in [1.54, 1.807) is 41.7 Å². The molecule has 0 radical (unpaired) electrons. The molecule has 0 fully saturated rings. The number of halogens is 2. The Balaban J connectivity index is 0.00000304. The fourth-order valence-corrected chi connectivity index (χ4v) is 4.38. The van der Waals surface area contributed by atoms with Gasteiger partial charge in [-0.15, -0.1) is 12.4 Å². The number of anilines is 2. The van der Waals surface area contributed by atoms with Gasteiger partial charge in [0.2, 0.25) is 5.91 Å². The summed E-state index contributed by atoms with van der Waals surface area (Å²) in [7, 11) is 0. The molecule has 2 heterocycles. The number of carbonyl (C=O) groups is 3. The number of imidazole rings is 1. The molecule has 4 aromatic rings. The van der Waals surface area contributed by atoms with Gasteiger partial charge in [0.1, 0.15) is 6.54 Å². The normalized spacial score (nSPS) is 12.3. The fourth-order valence-electron chi connectivity index (χ4n) is 4.16. The zero-order chi connectivity index (χ0) is 24.5. The van der Waals surface area contributed by atoms with Crippen molar-refractivity contribution < 1.29 is 14.4 Å². The van der Waals surface area contributed by atoms with Gasteiger partial charge in [0.15, 0.2) is 0 Å². The monoisotopic (exact) mass is 520 g/mol. The highest BCUT2D eigenvalue weighted by Gasteiger charge is 2.37. The Morgan fingerprint density at radius 1 is 1.06 bits per heavy atom. The molecule has 36 heavy (non-hydrogen) atoms. The molecule has 1 N–H and O–H groups in total. The summed E-state index contributed by atoms with van der Waals surface area (Å²) in [5, 5.41) is 0.563. The summed E-state index contributed by atoms with van der Waals surface area (Å²) in [5.74, 6) is -1.62. The van der Waals surface area contributed by atoms with Gasteiger partial charge in [0.25, 0.3) is 11.7 Å². The lowest BCUT2D eigenvalue weighted by molar-refractivity contribution is -0.120. The summed E-state index contributed by atoms with van der Waals surface area (Å²) in [6, 6.07) is 19.9. The minimum Gasteiger partial charge on any atom is -0.351 e. The molecular formula is C27H22Cl2N4O3. The van der Waals surface area contributed by atoms with Crippen LogP contribution in [0.3, 0.4) is 0 Å². The van der Waals surface area contributed by atoms with Crippen molar-refractivity contribution in [1.29, 1.82) is 0 Å². The lowest BCUT2D eigenvalue weighted by Gasteiger charge is -2.26. The third-order valence-electron chi connectivity index (χ3n) is 5.92. The van der Waals surface area contributed by atoms with Crippen LogP contribution in [0.25, 0.3) is 11.3 Å². The Hall–Kier alpha value is -3.94. The predicted octanol–water partition coefficient (Wildman–Crippen LogP) is 5.22. The van der Waals surface area contributed by atoms with E-state index in [0.717, 1.165) is 22.4 Å². The number of rotatable bonds is 6. The van der Waals surface area contributed by atoms with Crippen LogP contribution in [0.15, 0.2) is 79.3 Å². The van der Waals surface area contributed by atoms with Crippen LogP contribution >= 0.6 is 24.0 Å². The molecule has 3 aromatic carbocycles. The van der Waals surface area contributed by atoms with Crippen LogP contribution in [0.1, 0.15) is 21.5 Å². The number of amides is 2. The summed E-state index contributed by atoms with van der Waals surface area (Å²) >= 11 is 6.17. The van der Waals surface area contributed by atoms with Crippen molar-refractivity contribution in [2.24, 2.45) is 0 Å². The molecule has 0 aliphatic carbocycles. The predicted molar refractivity (Wildman–Crippen MR) is 142 cm³/mol. The van der Waals surface area contributed by atoms with E-state index in [-0.39, 0.29) is 31.4 Å². The van der Waals surface area contributed by atoms with E-state index in [1.807, 2.05) is 49.4 Å². The lowest BCUT2D eigenvalue weighted by atomic mass is 10.1. The Morgan fingerprint density at radius 2 is 1.83 bits per heavy atom. The highest BCUT2D eigenvalue weighted by atomic mass is 35.5. The zero-order valence-corrected chi connectivity index (χ0v) is 20.8. The van der Waals surface area contributed by atoms with E-state index < -0.39 is 11.7 Å². The highest BCUT2D eigenvalue weighted by Crippen LogP contribution is 2.30. The molecule has 1 aliphatic heterocycles. The van der Waals surface area contributed by atoms with Gasteiger partial charge < -0.3 is 9.88 Å². The summed E-state index contributed by atoms with van der Waals surface area (Å²) in [4.78, 5) is 48.9. The summed E-state index contributed by atoms with van der Waals surface area (Å²) in [5.41, 5.74) is 4.83. The van der Waals surface area contributed by atoms with Crippen LogP contribution in [0, 0.1) is 6.92 Å². The van der Waals surface area contributed by atoms with Crippen molar-refractivity contribution >= 4 is 53.0 Å². The molecule has 0 spiro atoms. The second-order valence-electron chi connectivity index (χ2n) is 8.35. The van der Waals surface area contributed by atoms with E-state index >= 15 is 0 Å². The molecule has 9 heteroatoms. The van der Waals surface area contributed by atoms with Crippen LogP contribution in [0.5, 0.6) is 0 Å². The molecule has 0 saturated carbocycles. The first-order chi connectivity index (χ1) is 16.9. The van der Waals surface area contributed by atoms with Gasteiger partial charge in [0.05, 0.1) is 29.8 Å². The highest BCUT2D eigenvalue weighted by molar-refractivity contribution is 6.52. The minimum atomic E-state index is -0.699. The van der Waals surface area contributed by atoms with Gasteiger partial charge in [-0.3, -0.25) is 19.3 Å². The molecular weight excluding hydrogens is 499 g/mol. The largest absolute Gasteiger partial charge is 0.351 e. The minimum absolute atomic E-state index is 0. The van der Waals surface area contributed by atoms with E-state index in [9.17, 15) is 14.4 Å². The summed E-state index contributed by atoms with van der Waals surface area (Å²) in [6.45, 7) is 1.84. The number of benzene rings is 3. The third-order valence-corrected chi connectivity index (χ3v) is 6.16. The van der Waals surface area contributed by atoms with Crippen LogP contribution in [-0.2, 0) is 16.1 Å². The number of aromatic nitrogens is 2. The van der Waals surface area contributed by atoms with Crippen LogP contribution in [-0.4, -0.2) is 34.1 Å². The van der Waals surface area contributed by atoms with E-state index in [0.29, 0.717) is 22.0 Å². The van der Waals surface area contributed by atoms with Gasteiger partial charge >= 0.3 is 0 Å². The second-order valence-corrected chi connectivity index (χ2v) is 8.79. The Labute approximate surface area is 219 Å². The van der Waals surface area contributed by atoms with Gasteiger partial charge in [0, 0.05) is 22.5 Å². The van der Waals surface area contributed by atoms with Gasteiger partial charge in [-0.05, 0) is 48.9 Å². The first kappa shape index (κ1) is 25.2. The van der Waals surface area contributed by atoms with Crippen LogP contribution in [0.4, 0.5) is 11.4 Å². The maximum Gasteiger partial charge on any atom is 0.299 e. The molecule has 5 rings (SSSR count). The SMILES string of the molecule is Cc1ccc2c(c1)C(=O)C(=O)N2CC(=O)N(Cc1cccc(Cl)c1)c1ccc(-c2c[nH]cn2)cc1.Cl. The molecule has 1 aromatic heterocycles. The molecule has 0 unspecified atom stereocenters. The van der Waals surface area contributed by atoms with Crippen LogP contribution < -0.4 is 9.80 Å². The molecule has 7 nitrogen and oxygen atoms in total. The average molecular weight is 521 g/mol. The standard InChI is InChI=1S/C27H21ClN4O3.ClH/c1-17-5-10-24-22(11-17)26(34)27(35)32(24)15-25(33)31(14-18-3-2-4-20(28)12-18)21-8-6-19(7-9-21)23-13-29-16-30-23;/h2-13,16H,14-15H2,1H3,(H,29,30);1H. The number of Topliss-reactive ketones (excluding diaryl/α,β-unsaturated/α-hetero) is 1. The first-order valence-electron chi connectivity index (χ1n) is 11.0. The fraction of sp³-hybridized carbons (Fsp3) is 0.111. The number of hydrogen-bond donors (Lipinski definition) is 1. The summed E-state index contributed by atoms with van der Waals surface area (Å²) < 4.78 is 0. The number of nitrogens with zero attached hydrogens (tertiary/aromatic N) is 3. The molecule has 0 atom stereocenters. The van der Waals surface area contributed by atoms with E-state index in [4.69, 9.17) is 11.6 Å². The number of ketones is 1. The topological polar surface area (TPSA) is 86.4 Å². The third kappa shape index (κ3) is 4.89. The zero-order valence-electron chi connectivity index (χ0n) is 19.3. The molecule has 1 aliphatic rings. The second kappa shape index (κ2) is 10.4. The molecule has 182 valence electrons. The molecule has 0 bridgehead atoms. The van der Waals surface area contributed by atoms with Crippen molar-refractivity contribution in [2.45, 2.75) is 13.5 Å². The molecule has 2 amide bonds. The van der Waals surface area contributed by atoms with Gasteiger partial charge in [-0.25, -0.2) is 4.98 Å². The maximum absolute atomic E-state index is 13.6. The smallest absolute Gasteiger partial charge is 0.299 e. The first-order valence-corrected chi connectivity index (χ1v) is 11.4. The number of carbonyl (C=O) groups excluding carboxylic acids is 3. The van der Waals surface area contributed by atoms with Crippen molar-refractivity contribution in [2.75, 3.05) is 16.3 Å². The summed E-state index contributed by atoms with van der Waals surface area (Å²) in [6.07, 6.45) is 3.39. The number of aromatic amines is 1. The molecule has 0 saturated heterocycles. The van der Waals surface area contributed by atoms with Gasteiger partial charge in [-0.1, -0.05) is 47.5 Å². The van der Waals surface area contributed by atoms with Crippen molar-refractivity contribution in [1.82, 2.24) is 9.97 Å². The number of nitrogens with one attached hydrogen (secondary N) is 1. The lowest BCUT2D eigenvalue weighted by Crippen LogP contribution is -2.42. The number of fused-ring (bicyclic) bond motifs is 1. The maximum atomic E-state index is 13.6. The number of H-pyrrole nitrogens is 1.